The van der Waals surface area contributed by atoms with Crippen molar-refractivity contribution in [1.29, 1.82) is 0 Å². The molecule has 0 amide bonds. The van der Waals surface area contributed by atoms with Gasteiger partial charge < -0.3 is 14.0 Å². The Morgan fingerprint density at radius 2 is 1.57 bits per heavy atom. The van der Waals surface area contributed by atoms with E-state index in [0.29, 0.717) is 12.3 Å². The summed E-state index contributed by atoms with van der Waals surface area (Å²) in [7, 11) is 3.30. The first-order valence-corrected chi connectivity index (χ1v) is 10.3. The van der Waals surface area contributed by atoms with Crippen LogP contribution in [-0.2, 0) is 13.1 Å². The Bertz CT molecular complexity index is 1040. The molecule has 1 aliphatic heterocycles. The van der Waals surface area contributed by atoms with Gasteiger partial charge in [0.15, 0.2) is 0 Å². The number of methoxy groups -OCH3 is 2. The molecule has 7 heteroatoms. The SMILES string of the molecule is COc1ccc(CN2CCN(CCn3c(=O)ccc4ncc(OC)cc43)CC2)cc1. The van der Waals surface area contributed by atoms with Gasteiger partial charge in [-0.1, -0.05) is 12.1 Å². The van der Waals surface area contributed by atoms with Crippen LogP contribution in [0.4, 0.5) is 0 Å². The summed E-state index contributed by atoms with van der Waals surface area (Å²) in [5, 5.41) is 0. The van der Waals surface area contributed by atoms with Gasteiger partial charge in [-0.2, -0.15) is 0 Å². The van der Waals surface area contributed by atoms with Crippen LogP contribution in [0.5, 0.6) is 11.5 Å². The minimum absolute atomic E-state index is 0.00399. The van der Waals surface area contributed by atoms with Gasteiger partial charge in [-0.25, -0.2) is 0 Å². The number of fused-ring (bicyclic) bond motifs is 1. The van der Waals surface area contributed by atoms with Crippen molar-refractivity contribution in [3.63, 3.8) is 0 Å². The largest absolute Gasteiger partial charge is 0.497 e. The lowest BCUT2D eigenvalue weighted by Gasteiger charge is -2.34. The smallest absolute Gasteiger partial charge is 0.251 e. The van der Waals surface area contributed by atoms with Crippen LogP contribution >= 0.6 is 0 Å². The van der Waals surface area contributed by atoms with E-state index in [4.69, 9.17) is 9.47 Å². The van der Waals surface area contributed by atoms with Gasteiger partial charge in [0.05, 0.1) is 31.4 Å². The van der Waals surface area contributed by atoms with Crippen molar-refractivity contribution < 1.29 is 9.47 Å². The summed E-state index contributed by atoms with van der Waals surface area (Å²) in [5.41, 5.74) is 2.92. The van der Waals surface area contributed by atoms with E-state index < -0.39 is 0 Å². The highest BCUT2D eigenvalue weighted by Crippen LogP contribution is 2.17. The first-order valence-electron chi connectivity index (χ1n) is 10.3. The quantitative estimate of drug-likeness (QED) is 0.598. The normalized spacial score (nSPS) is 15.4. The highest BCUT2D eigenvalue weighted by atomic mass is 16.5. The Labute approximate surface area is 176 Å². The van der Waals surface area contributed by atoms with Crippen LogP contribution in [0.3, 0.4) is 0 Å². The third-order valence-electron chi connectivity index (χ3n) is 5.72. The molecule has 2 aromatic heterocycles. The van der Waals surface area contributed by atoms with Crippen molar-refractivity contribution in [2.24, 2.45) is 0 Å². The van der Waals surface area contributed by atoms with E-state index in [-0.39, 0.29) is 5.56 Å². The molecule has 0 bridgehead atoms. The number of piperazine rings is 1. The molecule has 158 valence electrons. The molecule has 3 heterocycles. The van der Waals surface area contributed by atoms with Gasteiger partial charge in [-0.15, -0.1) is 0 Å². The first-order chi connectivity index (χ1) is 14.7. The third kappa shape index (κ3) is 4.63. The average Bonchev–Trinajstić information content (AvgIpc) is 2.79. The minimum Gasteiger partial charge on any atom is -0.497 e. The van der Waals surface area contributed by atoms with E-state index in [1.807, 2.05) is 18.2 Å². The summed E-state index contributed by atoms with van der Waals surface area (Å²) < 4.78 is 12.3. The van der Waals surface area contributed by atoms with Crippen LogP contribution in [0.15, 0.2) is 53.5 Å². The number of hydrogen-bond acceptors (Lipinski definition) is 6. The van der Waals surface area contributed by atoms with Crippen molar-refractivity contribution in [3.05, 3.63) is 64.6 Å². The van der Waals surface area contributed by atoms with Gasteiger partial charge in [0.25, 0.3) is 5.56 Å². The first kappa shape index (κ1) is 20.4. The number of ether oxygens (including phenoxy) is 2. The second kappa shape index (κ2) is 9.28. The Hall–Kier alpha value is -2.90. The fraction of sp³-hybridized carbons (Fsp3) is 0.391. The molecule has 1 aliphatic rings. The van der Waals surface area contributed by atoms with E-state index in [0.717, 1.165) is 56.1 Å². The maximum Gasteiger partial charge on any atom is 0.251 e. The molecule has 3 aromatic rings. The molecule has 1 saturated heterocycles. The number of rotatable bonds is 7. The Morgan fingerprint density at radius 3 is 2.27 bits per heavy atom. The van der Waals surface area contributed by atoms with E-state index in [2.05, 4.69) is 26.9 Å². The zero-order chi connectivity index (χ0) is 20.9. The van der Waals surface area contributed by atoms with E-state index in [9.17, 15) is 4.79 Å². The number of nitrogens with zero attached hydrogens (tertiary/aromatic N) is 4. The van der Waals surface area contributed by atoms with Crippen LogP contribution in [0.25, 0.3) is 11.0 Å². The summed E-state index contributed by atoms with van der Waals surface area (Å²) in [6, 6.07) is 13.5. The van der Waals surface area contributed by atoms with Crippen LogP contribution in [0.2, 0.25) is 0 Å². The molecular formula is C23H28N4O3. The monoisotopic (exact) mass is 408 g/mol. The van der Waals surface area contributed by atoms with Crippen LogP contribution < -0.4 is 15.0 Å². The summed E-state index contributed by atoms with van der Waals surface area (Å²) in [6.45, 7) is 6.47. The number of aromatic nitrogens is 2. The van der Waals surface area contributed by atoms with Crippen molar-refractivity contribution >= 4 is 11.0 Å². The minimum atomic E-state index is -0.00399. The molecule has 1 aromatic carbocycles. The molecule has 0 N–H and O–H groups in total. The molecule has 7 nitrogen and oxygen atoms in total. The standard InChI is InChI=1S/C23H28N4O3/c1-29-19-5-3-18(4-6-19)17-26-11-9-25(10-12-26)13-14-27-22-15-20(30-2)16-24-21(22)7-8-23(27)28/h3-8,15-16H,9-14,17H2,1-2H3. The van der Waals surface area contributed by atoms with Crippen molar-refractivity contribution in [2.45, 2.75) is 13.1 Å². The second-order valence-corrected chi connectivity index (χ2v) is 7.57. The number of pyridine rings is 2. The van der Waals surface area contributed by atoms with Crippen LogP contribution in [-0.4, -0.2) is 66.3 Å². The Morgan fingerprint density at radius 1 is 0.867 bits per heavy atom. The van der Waals surface area contributed by atoms with Gasteiger partial charge in [-0.05, 0) is 23.8 Å². The van der Waals surface area contributed by atoms with E-state index in [1.165, 1.54) is 5.56 Å². The molecule has 30 heavy (non-hydrogen) atoms. The lowest BCUT2D eigenvalue weighted by atomic mass is 10.2. The zero-order valence-corrected chi connectivity index (χ0v) is 17.6. The van der Waals surface area contributed by atoms with E-state index in [1.54, 1.807) is 37.1 Å². The summed E-state index contributed by atoms with van der Waals surface area (Å²) >= 11 is 0. The van der Waals surface area contributed by atoms with Gasteiger partial charge in [0.1, 0.15) is 11.5 Å². The van der Waals surface area contributed by atoms with Crippen molar-refractivity contribution in [2.75, 3.05) is 46.9 Å². The predicted molar refractivity (Wildman–Crippen MR) is 117 cm³/mol. The van der Waals surface area contributed by atoms with E-state index >= 15 is 0 Å². The fourth-order valence-corrected chi connectivity index (χ4v) is 3.89. The molecule has 0 unspecified atom stereocenters. The Kier molecular flexibility index (Phi) is 6.30. The molecular weight excluding hydrogens is 380 g/mol. The average molecular weight is 409 g/mol. The lowest BCUT2D eigenvalue weighted by molar-refractivity contribution is 0.124. The molecule has 0 aliphatic carbocycles. The summed E-state index contributed by atoms with van der Waals surface area (Å²) in [6.07, 6.45) is 1.68. The van der Waals surface area contributed by atoms with Crippen molar-refractivity contribution in [3.8, 4) is 11.5 Å². The zero-order valence-electron chi connectivity index (χ0n) is 17.6. The second-order valence-electron chi connectivity index (χ2n) is 7.57. The fourth-order valence-electron chi connectivity index (χ4n) is 3.89. The molecule has 4 rings (SSSR count). The molecule has 0 spiro atoms. The van der Waals surface area contributed by atoms with Crippen LogP contribution in [0.1, 0.15) is 5.56 Å². The highest BCUT2D eigenvalue weighted by Gasteiger charge is 2.17. The lowest BCUT2D eigenvalue weighted by Crippen LogP contribution is -2.47. The topological polar surface area (TPSA) is 59.8 Å². The maximum absolute atomic E-state index is 12.5. The van der Waals surface area contributed by atoms with Crippen LogP contribution in [0, 0.1) is 0 Å². The maximum atomic E-state index is 12.5. The number of hydrogen-bond donors (Lipinski definition) is 0. The van der Waals surface area contributed by atoms with Gasteiger partial charge in [0, 0.05) is 57.9 Å². The molecule has 0 saturated carbocycles. The summed E-state index contributed by atoms with van der Waals surface area (Å²) in [5.74, 6) is 1.55. The molecule has 0 atom stereocenters. The highest BCUT2D eigenvalue weighted by molar-refractivity contribution is 5.75. The van der Waals surface area contributed by atoms with Gasteiger partial charge in [0.2, 0.25) is 0 Å². The third-order valence-corrected chi connectivity index (χ3v) is 5.72. The van der Waals surface area contributed by atoms with Gasteiger partial charge in [-0.3, -0.25) is 19.6 Å². The summed E-state index contributed by atoms with van der Waals surface area (Å²) in [4.78, 5) is 21.8. The molecule has 0 radical (unpaired) electrons. The van der Waals surface area contributed by atoms with Crippen molar-refractivity contribution in [1.82, 2.24) is 19.4 Å². The van der Waals surface area contributed by atoms with Gasteiger partial charge >= 0.3 is 0 Å². The predicted octanol–water partition coefficient (Wildman–Crippen LogP) is 2.23. The molecule has 1 fully saturated rings. The Balaban J connectivity index is 1.34. The number of benzene rings is 1.